The maximum atomic E-state index is 13.5. The van der Waals surface area contributed by atoms with E-state index in [2.05, 4.69) is 0 Å². The predicted octanol–water partition coefficient (Wildman–Crippen LogP) is 2.38. The smallest absolute Gasteiger partial charge is 0.308 e. The minimum atomic E-state index is -0.784. The summed E-state index contributed by atoms with van der Waals surface area (Å²) in [6.07, 6.45) is 0.633. The van der Waals surface area contributed by atoms with Gasteiger partial charge in [0.2, 0.25) is 0 Å². The number of carboxylic acids is 1. The van der Waals surface area contributed by atoms with Crippen molar-refractivity contribution in [1.82, 2.24) is 4.90 Å². The summed E-state index contributed by atoms with van der Waals surface area (Å²) in [6.45, 7) is 0.376. The molecular weight excluding hydrogens is 245 g/mol. The summed E-state index contributed by atoms with van der Waals surface area (Å²) in [5.41, 5.74) is 0.496. The first-order chi connectivity index (χ1) is 7.99. The van der Waals surface area contributed by atoms with E-state index >= 15 is 0 Å². The summed E-state index contributed by atoms with van der Waals surface area (Å²) in [5.74, 6) is -1.41. The lowest BCUT2D eigenvalue weighted by atomic mass is 10.2. The van der Waals surface area contributed by atoms with Crippen LogP contribution in [0.25, 0.3) is 0 Å². The molecule has 1 aromatic carbocycles. The molecule has 2 rings (SSSR count). The van der Waals surface area contributed by atoms with E-state index in [1.54, 1.807) is 13.1 Å². The molecule has 1 aliphatic rings. The Morgan fingerprint density at radius 3 is 2.94 bits per heavy atom. The van der Waals surface area contributed by atoms with Crippen LogP contribution in [-0.4, -0.2) is 29.1 Å². The van der Waals surface area contributed by atoms with Gasteiger partial charge in [-0.25, -0.2) is 4.39 Å². The Morgan fingerprint density at radius 2 is 2.35 bits per heavy atom. The van der Waals surface area contributed by atoms with E-state index < -0.39 is 5.97 Å². The lowest BCUT2D eigenvalue weighted by Gasteiger charge is -2.16. The Balaban J connectivity index is 2.02. The van der Waals surface area contributed by atoms with Gasteiger partial charge in [-0.05, 0) is 31.7 Å². The Morgan fingerprint density at radius 1 is 1.65 bits per heavy atom. The van der Waals surface area contributed by atoms with Crippen LogP contribution in [0.2, 0.25) is 5.02 Å². The van der Waals surface area contributed by atoms with Crippen LogP contribution in [0.4, 0.5) is 4.39 Å². The SMILES string of the molecule is CN(Cc1cc(Cl)ccc1F)C1CC1C(=O)O. The number of benzene rings is 1. The summed E-state index contributed by atoms with van der Waals surface area (Å²) >= 11 is 5.80. The van der Waals surface area contributed by atoms with Crippen molar-refractivity contribution in [3.63, 3.8) is 0 Å². The number of hydrogen-bond donors (Lipinski definition) is 1. The van der Waals surface area contributed by atoms with Crippen molar-refractivity contribution in [2.24, 2.45) is 5.92 Å². The molecule has 0 heterocycles. The molecule has 0 spiro atoms. The lowest BCUT2D eigenvalue weighted by molar-refractivity contribution is -0.138. The number of hydrogen-bond acceptors (Lipinski definition) is 2. The average molecular weight is 258 g/mol. The Kier molecular flexibility index (Phi) is 3.35. The highest BCUT2D eigenvalue weighted by atomic mass is 35.5. The van der Waals surface area contributed by atoms with E-state index in [0.717, 1.165) is 0 Å². The lowest BCUT2D eigenvalue weighted by Crippen LogP contribution is -2.24. The number of nitrogens with zero attached hydrogens (tertiary/aromatic N) is 1. The van der Waals surface area contributed by atoms with Crippen LogP contribution in [0.5, 0.6) is 0 Å². The standard InChI is InChI=1S/C12H13ClFNO2/c1-15(11-5-9(11)12(16)17)6-7-4-8(13)2-3-10(7)14/h2-4,9,11H,5-6H2,1H3,(H,16,17). The molecular formula is C12H13ClFNO2. The molecule has 2 unspecified atom stereocenters. The van der Waals surface area contributed by atoms with E-state index in [-0.39, 0.29) is 17.8 Å². The van der Waals surface area contributed by atoms with E-state index in [0.29, 0.717) is 23.6 Å². The van der Waals surface area contributed by atoms with Gasteiger partial charge in [0.05, 0.1) is 5.92 Å². The molecule has 92 valence electrons. The number of carboxylic acid groups (broad SMARTS) is 1. The number of aliphatic carboxylic acids is 1. The molecule has 0 aliphatic heterocycles. The second-order valence-electron chi connectivity index (χ2n) is 4.40. The average Bonchev–Trinajstić information content (AvgIpc) is 3.03. The highest BCUT2D eigenvalue weighted by Gasteiger charge is 2.45. The minimum absolute atomic E-state index is 0.00545. The molecule has 5 heteroatoms. The Hall–Kier alpha value is -1.13. The van der Waals surface area contributed by atoms with E-state index in [1.165, 1.54) is 12.1 Å². The van der Waals surface area contributed by atoms with Gasteiger partial charge in [0, 0.05) is 23.2 Å². The summed E-state index contributed by atoms with van der Waals surface area (Å²) in [4.78, 5) is 12.6. The zero-order valence-electron chi connectivity index (χ0n) is 9.36. The summed E-state index contributed by atoms with van der Waals surface area (Å²) < 4.78 is 13.5. The van der Waals surface area contributed by atoms with Crippen molar-refractivity contribution in [1.29, 1.82) is 0 Å². The van der Waals surface area contributed by atoms with E-state index in [9.17, 15) is 9.18 Å². The fraction of sp³-hybridized carbons (Fsp3) is 0.417. The van der Waals surface area contributed by atoms with E-state index in [1.807, 2.05) is 4.90 Å². The van der Waals surface area contributed by atoms with Gasteiger partial charge >= 0.3 is 5.97 Å². The molecule has 0 saturated heterocycles. The fourth-order valence-corrected chi connectivity index (χ4v) is 2.18. The quantitative estimate of drug-likeness (QED) is 0.900. The van der Waals surface area contributed by atoms with Crippen molar-refractivity contribution in [3.05, 3.63) is 34.6 Å². The monoisotopic (exact) mass is 257 g/mol. The summed E-state index contributed by atoms with van der Waals surface area (Å²) in [7, 11) is 1.80. The highest BCUT2D eigenvalue weighted by molar-refractivity contribution is 6.30. The molecule has 1 aromatic rings. The van der Waals surface area contributed by atoms with E-state index in [4.69, 9.17) is 16.7 Å². The summed E-state index contributed by atoms with van der Waals surface area (Å²) in [6, 6.07) is 4.40. The number of halogens is 2. The molecule has 1 fully saturated rings. The Bertz CT molecular complexity index is 452. The van der Waals surface area contributed by atoms with Gasteiger partial charge in [-0.15, -0.1) is 0 Å². The maximum Gasteiger partial charge on any atom is 0.308 e. The van der Waals surface area contributed by atoms with Crippen LogP contribution in [0, 0.1) is 11.7 Å². The predicted molar refractivity (Wildman–Crippen MR) is 62.4 cm³/mol. The van der Waals surface area contributed by atoms with Gasteiger partial charge in [-0.3, -0.25) is 9.69 Å². The van der Waals surface area contributed by atoms with Crippen LogP contribution in [0.15, 0.2) is 18.2 Å². The van der Waals surface area contributed by atoms with Gasteiger partial charge in [-0.2, -0.15) is 0 Å². The van der Waals surface area contributed by atoms with Crippen molar-refractivity contribution in [2.75, 3.05) is 7.05 Å². The van der Waals surface area contributed by atoms with Crippen molar-refractivity contribution in [3.8, 4) is 0 Å². The molecule has 0 radical (unpaired) electrons. The van der Waals surface area contributed by atoms with Crippen molar-refractivity contribution >= 4 is 17.6 Å². The molecule has 0 amide bonds. The fourth-order valence-electron chi connectivity index (χ4n) is 1.98. The third kappa shape index (κ3) is 2.76. The van der Waals surface area contributed by atoms with Crippen molar-refractivity contribution < 1.29 is 14.3 Å². The van der Waals surface area contributed by atoms with Gasteiger partial charge in [0.1, 0.15) is 5.82 Å². The molecule has 0 bridgehead atoms. The second-order valence-corrected chi connectivity index (χ2v) is 4.84. The molecule has 3 nitrogen and oxygen atoms in total. The molecule has 2 atom stereocenters. The van der Waals surface area contributed by atoms with Crippen LogP contribution in [-0.2, 0) is 11.3 Å². The highest BCUT2D eigenvalue weighted by Crippen LogP contribution is 2.36. The van der Waals surface area contributed by atoms with Crippen LogP contribution in [0.3, 0.4) is 0 Å². The third-order valence-corrected chi connectivity index (χ3v) is 3.30. The minimum Gasteiger partial charge on any atom is -0.481 e. The van der Waals surface area contributed by atoms with Crippen LogP contribution < -0.4 is 0 Å². The molecule has 1 saturated carbocycles. The molecule has 17 heavy (non-hydrogen) atoms. The molecule has 1 aliphatic carbocycles. The second kappa shape index (κ2) is 4.63. The number of rotatable bonds is 4. The largest absolute Gasteiger partial charge is 0.481 e. The maximum absolute atomic E-state index is 13.5. The van der Waals surface area contributed by atoms with Crippen molar-refractivity contribution in [2.45, 2.75) is 19.0 Å². The molecule has 0 aromatic heterocycles. The first-order valence-corrected chi connectivity index (χ1v) is 5.74. The normalized spacial score (nSPS) is 22.8. The topological polar surface area (TPSA) is 40.5 Å². The van der Waals surface area contributed by atoms with Gasteiger partial charge in [0.25, 0.3) is 0 Å². The third-order valence-electron chi connectivity index (χ3n) is 3.07. The zero-order chi connectivity index (χ0) is 12.6. The first kappa shape index (κ1) is 12.3. The number of carbonyl (C=O) groups is 1. The summed E-state index contributed by atoms with van der Waals surface area (Å²) in [5, 5.41) is 9.30. The van der Waals surface area contributed by atoms with Crippen LogP contribution in [0.1, 0.15) is 12.0 Å². The Labute approximate surface area is 104 Å². The van der Waals surface area contributed by atoms with Gasteiger partial charge in [0.15, 0.2) is 0 Å². The molecule has 1 N–H and O–H groups in total. The first-order valence-electron chi connectivity index (χ1n) is 5.36. The van der Waals surface area contributed by atoms with Gasteiger partial charge in [-0.1, -0.05) is 11.6 Å². The van der Waals surface area contributed by atoms with Gasteiger partial charge < -0.3 is 5.11 Å². The zero-order valence-corrected chi connectivity index (χ0v) is 10.1. The van der Waals surface area contributed by atoms with Crippen LogP contribution >= 0.6 is 11.6 Å².